The number of alkyl halides is 1. The summed E-state index contributed by atoms with van der Waals surface area (Å²) in [5.41, 5.74) is 8.63. The van der Waals surface area contributed by atoms with Crippen LogP contribution in [0.5, 0.6) is 0 Å². The van der Waals surface area contributed by atoms with Gasteiger partial charge in [0, 0.05) is 36.2 Å². The van der Waals surface area contributed by atoms with Gasteiger partial charge >= 0.3 is 0 Å². The molecule has 20 heavy (non-hydrogen) atoms. The highest BCUT2D eigenvalue weighted by Crippen LogP contribution is 2.28. The minimum Gasteiger partial charge on any atom is -0.321 e. The van der Waals surface area contributed by atoms with Gasteiger partial charge < -0.3 is 5.73 Å². The molecule has 2 heterocycles. The zero-order chi connectivity index (χ0) is 14.3. The fourth-order valence-corrected chi connectivity index (χ4v) is 2.53. The van der Waals surface area contributed by atoms with Crippen LogP contribution in [0.15, 0.2) is 49.1 Å². The predicted octanol–water partition coefficient (Wildman–Crippen LogP) is 3.28. The fraction of sp³-hybridized carbons (Fsp3) is 0.375. The number of aromatic nitrogens is 2. The summed E-state index contributed by atoms with van der Waals surface area (Å²) in [6.07, 6.45) is 10.8. The van der Waals surface area contributed by atoms with Crippen molar-refractivity contribution >= 4 is 11.6 Å². The summed E-state index contributed by atoms with van der Waals surface area (Å²) in [6, 6.07) is 8.04. The number of nitrogens with zero attached hydrogens (tertiary/aromatic N) is 2. The second kappa shape index (κ2) is 7.36. The summed E-state index contributed by atoms with van der Waals surface area (Å²) in [5, 5.41) is 0. The largest absolute Gasteiger partial charge is 0.321 e. The molecule has 0 saturated carbocycles. The highest BCUT2D eigenvalue weighted by atomic mass is 35.5. The van der Waals surface area contributed by atoms with Gasteiger partial charge in [0.15, 0.2) is 0 Å². The van der Waals surface area contributed by atoms with E-state index in [4.69, 9.17) is 17.3 Å². The van der Waals surface area contributed by atoms with E-state index in [1.54, 1.807) is 18.6 Å². The van der Waals surface area contributed by atoms with Crippen LogP contribution in [-0.2, 0) is 12.0 Å². The van der Waals surface area contributed by atoms with Crippen LogP contribution in [0.4, 0.5) is 0 Å². The Balaban J connectivity index is 2.11. The van der Waals surface area contributed by atoms with Crippen LogP contribution in [0.1, 0.15) is 30.4 Å². The molecule has 4 heteroatoms. The zero-order valence-corrected chi connectivity index (χ0v) is 12.3. The van der Waals surface area contributed by atoms with Gasteiger partial charge in [-0.3, -0.25) is 9.97 Å². The van der Waals surface area contributed by atoms with E-state index in [-0.39, 0.29) is 5.54 Å². The lowest BCUT2D eigenvalue weighted by Gasteiger charge is -2.30. The maximum absolute atomic E-state index is 6.65. The Labute approximate surface area is 125 Å². The van der Waals surface area contributed by atoms with Crippen molar-refractivity contribution in [2.75, 3.05) is 5.88 Å². The van der Waals surface area contributed by atoms with Crippen LogP contribution in [0.25, 0.3) is 0 Å². The van der Waals surface area contributed by atoms with Crippen molar-refractivity contribution in [3.63, 3.8) is 0 Å². The molecule has 2 rings (SSSR count). The Morgan fingerprint density at radius 3 is 2.50 bits per heavy atom. The van der Waals surface area contributed by atoms with E-state index in [1.165, 1.54) is 5.56 Å². The van der Waals surface area contributed by atoms with E-state index in [0.717, 1.165) is 31.2 Å². The molecule has 0 aliphatic heterocycles. The molecular formula is C16H20ClN3. The fourth-order valence-electron chi connectivity index (χ4n) is 2.39. The number of rotatable bonds is 7. The van der Waals surface area contributed by atoms with Crippen LogP contribution in [0.2, 0.25) is 0 Å². The smallest absolute Gasteiger partial charge is 0.0414 e. The van der Waals surface area contributed by atoms with Crippen LogP contribution >= 0.6 is 11.6 Å². The second-order valence-corrected chi connectivity index (χ2v) is 5.42. The zero-order valence-electron chi connectivity index (χ0n) is 11.5. The third-order valence-electron chi connectivity index (χ3n) is 3.59. The van der Waals surface area contributed by atoms with Crippen LogP contribution in [0, 0.1) is 0 Å². The molecule has 3 nitrogen and oxygen atoms in total. The number of hydrogen-bond donors (Lipinski definition) is 1. The van der Waals surface area contributed by atoms with Crippen molar-refractivity contribution in [3.05, 3.63) is 60.2 Å². The monoisotopic (exact) mass is 289 g/mol. The molecule has 0 amide bonds. The number of halogens is 1. The number of nitrogens with two attached hydrogens (primary N) is 1. The molecule has 0 bridgehead atoms. The van der Waals surface area contributed by atoms with Crippen molar-refractivity contribution in [3.8, 4) is 0 Å². The molecule has 1 unspecified atom stereocenters. The third kappa shape index (κ3) is 4.02. The Bertz CT molecular complexity index is 504. The van der Waals surface area contributed by atoms with Gasteiger partial charge in [-0.2, -0.15) is 0 Å². The number of hydrogen-bond acceptors (Lipinski definition) is 3. The van der Waals surface area contributed by atoms with Gasteiger partial charge in [0.2, 0.25) is 0 Å². The van der Waals surface area contributed by atoms with Gasteiger partial charge in [-0.05, 0) is 55.0 Å². The molecule has 0 saturated heterocycles. The lowest BCUT2D eigenvalue weighted by molar-refractivity contribution is 0.374. The van der Waals surface area contributed by atoms with Gasteiger partial charge in [0.25, 0.3) is 0 Å². The number of aryl methyl sites for hydroxylation is 1. The second-order valence-electron chi connectivity index (χ2n) is 5.05. The first-order chi connectivity index (χ1) is 9.74. The summed E-state index contributed by atoms with van der Waals surface area (Å²) in [7, 11) is 0. The maximum atomic E-state index is 6.65. The molecule has 0 spiro atoms. The van der Waals surface area contributed by atoms with Gasteiger partial charge in [-0.15, -0.1) is 11.6 Å². The summed E-state index contributed by atoms with van der Waals surface area (Å²) in [4.78, 5) is 8.21. The highest BCUT2D eigenvalue weighted by Gasteiger charge is 2.26. The molecule has 0 aromatic carbocycles. The van der Waals surface area contributed by atoms with Crippen molar-refractivity contribution in [2.24, 2.45) is 5.73 Å². The lowest BCUT2D eigenvalue weighted by atomic mass is 9.82. The van der Waals surface area contributed by atoms with Crippen molar-refractivity contribution in [1.29, 1.82) is 0 Å². The van der Waals surface area contributed by atoms with E-state index in [9.17, 15) is 0 Å². The van der Waals surface area contributed by atoms with E-state index in [2.05, 4.69) is 16.0 Å². The Kier molecular flexibility index (Phi) is 5.50. The van der Waals surface area contributed by atoms with Gasteiger partial charge in [0.1, 0.15) is 0 Å². The number of pyridine rings is 2. The van der Waals surface area contributed by atoms with Crippen molar-refractivity contribution in [2.45, 2.75) is 31.2 Å². The van der Waals surface area contributed by atoms with Gasteiger partial charge in [-0.25, -0.2) is 0 Å². The third-order valence-corrected chi connectivity index (χ3v) is 3.86. The molecular weight excluding hydrogens is 270 g/mol. The molecule has 0 aliphatic carbocycles. The Morgan fingerprint density at radius 2 is 1.85 bits per heavy atom. The normalized spacial score (nSPS) is 13.9. The van der Waals surface area contributed by atoms with Crippen molar-refractivity contribution in [1.82, 2.24) is 9.97 Å². The summed E-state index contributed by atoms with van der Waals surface area (Å²) in [6.45, 7) is 0. The molecule has 1 atom stereocenters. The van der Waals surface area contributed by atoms with Crippen LogP contribution in [0.3, 0.4) is 0 Å². The predicted molar refractivity (Wildman–Crippen MR) is 82.6 cm³/mol. The molecule has 0 fully saturated rings. The van der Waals surface area contributed by atoms with Crippen molar-refractivity contribution < 1.29 is 0 Å². The Morgan fingerprint density at radius 1 is 1.05 bits per heavy atom. The first-order valence-electron chi connectivity index (χ1n) is 6.89. The summed E-state index contributed by atoms with van der Waals surface area (Å²) in [5.74, 6) is 0.636. The van der Waals surface area contributed by atoms with Gasteiger partial charge in [0.05, 0.1) is 0 Å². The highest BCUT2D eigenvalue weighted by molar-refractivity contribution is 6.17. The molecule has 2 aromatic heterocycles. The molecule has 2 aromatic rings. The molecule has 2 N–H and O–H groups in total. The Hall–Kier alpha value is -1.45. The molecule has 106 valence electrons. The lowest BCUT2D eigenvalue weighted by Crippen LogP contribution is -2.37. The van der Waals surface area contributed by atoms with E-state index in [0.29, 0.717) is 5.88 Å². The minimum atomic E-state index is -0.354. The SMILES string of the molecule is NC(CCCCl)(CCc1cccnc1)c1ccncc1. The first-order valence-corrected chi connectivity index (χ1v) is 7.42. The van der Waals surface area contributed by atoms with Crippen LogP contribution in [-0.4, -0.2) is 15.8 Å². The average molecular weight is 290 g/mol. The van der Waals surface area contributed by atoms with E-state index >= 15 is 0 Å². The summed E-state index contributed by atoms with van der Waals surface area (Å²) < 4.78 is 0. The van der Waals surface area contributed by atoms with E-state index < -0.39 is 0 Å². The topological polar surface area (TPSA) is 51.8 Å². The molecule has 0 radical (unpaired) electrons. The quantitative estimate of drug-likeness (QED) is 0.796. The molecule has 0 aliphatic rings. The first kappa shape index (κ1) is 14.9. The van der Waals surface area contributed by atoms with E-state index in [1.807, 2.05) is 24.4 Å². The minimum absolute atomic E-state index is 0.354. The average Bonchev–Trinajstić information content (AvgIpc) is 2.53. The summed E-state index contributed by atoms with van der Waals surface area (Å²) >= 11 is 5.83. The van der Waals surface area contributed by atoms with Gasteiger partial charge in [-0.1, -0.05) is 6.07 Å². The maximum Gasteiger partial charge on any atom is 0.0414 e. The van der Waals surface area contributed by atoms with Crippen LogP contribution < -0.4 is 5.73 Å². The standard InChI is InChI=1S/C16H20ClN3/c17-9-2-7-16(18,15-5-11-19-12-6-15)8-4-14-3-1-10-20-13-14/h1,3,5-6,10-13H,2,4,7-9,18H2.